The van der Waals surface area contributed by atoms with Crippen LogP contribution in [0.4, 0.5) is 13.2 Å². The first-order chi connectivity index (χ1) is 11.2. The van der Waals surface area contributed by atoms with Gasteiger partial charge in [-0.15, -0.1) is 0 Å². The summed E-state index contributed by atoms with van der Waals surface area (Å²) in [6.45, 7) is 5.05. The summed E-state index contributed by atoms with van der Waals surface area (Å²) < 4.78 is 66.3. The van der Waals surface area contributed by atoms with E-state index >= 15 is 0 Å². The summed E-state index contributed by atoms with van der Waals surface area (Å²) in [7, 11) is -4.02. The second-order valence-corrected chi connectivity index (χ2v) is 7.34. The van der Waals surface area contributed by atoms with Crippen molar-refractivity contribution in [3.8, 4) is 0 Å². The van der Waals surface area contributed by atoms with Crippen LogP contribution in [0.25, 0.3) is 0 Å². The summed E-state index contributed by atoms with van der Waals surface area (Å²) in [6, 6.07) is 9.70. The first kappa shape index (κ1) is 21.1. The molecule has 0 aliphatic carbocycles. The summed E-state index contributed by atoms with van der Waals surface area (Å²) in [6.07, 6.45) is -4.42. The number of hydrogen-bond donors (Lipinski definition) is 2. The van der Waals surface area contributed by atoms with Gasteiger partial charge in [-0.3, -0.25) is 4.55 Å². The van der Waals surface area contributed by atoms with E-state index in [2.05, 4.69) is 4.98 Å². The van der Waals surface area contributed by atoms with Crippen LogP contribution in [0.15, 0.2) is 47.4 Å². The normalized spacial score (nSPS) is 12.3. The minimum atomic E-state index is -4.42. The van der Waals surface area contributed by atoms with Crippen LogP contribution in [-0.4, -0.2) is 18.0 Å². The maximum atomic E-state index is 12.3. The van der Waals surface area contributed by atoms with Crippen molar-refractivity contribution in [1.29, 1.82) is 0 Å². The van der Waals surface area contributed by atoms with Gasteiger partial charge in [-0.05, 0) is 45.0 Å². The predicted octanol–water partition coefficient (Wildman–Crippen LogP) is 3.54. The number of hydrogen-bond acceptors (Lipinski definition) is 4. The molecule has 0 radical (unpaired) electrons. The minimum Gasteiger partial charge on any atom is -0.321 e. The number of aryl methyl sites for hydroxylation is 1. The van der Waals surface area contributed by atoms with E-state index in [1.807, 2.05) is 6.92 Å². The molecular formula is C16H19F3N2O3S. The highest BCUT2D eigenvalue weighted by Gasteiger charge is 2.33. The molecule has 2 rings (SSSR count). The molecular weight excluding hydrogens is 357 g/mol. The van der Waals surface area contributed by atoms with Crippen molar-refractivity contribution in [2.45, 2.75) is 37.4 Å². The Bertz CT molecular complexity index is 783. The third-order valence-corrected chi connectivity index (χ3v) is 3.89. The van der Waals surface area contributed by atoms with Crippen molar-refractivity contribution in [2.24, 2.45) is 5.73 Å². The van der Waals surface area contributed by atoms with Crippen LogP contribution in [0, 0.1) is 6.92 Å². The van der Waals surface area contributed by atoms with Crippen molar-refractivity contribution in [3.63, 3.8) is 0 Å². The van der Waals surface area contributed by atoms with E-state index in [4.69, 9.17) is 10.3 Å². The molecule has 0 amide bonds. The summed E-state index contributed by atoms with van der Waals surface area (Å²) >= 11 is 0. The van der Waals surface area contributed by atoms with Crippen LogP contribution in [0.2, 0.25) is 0 Å². The minimum absolute atomic E-state index is 0.0666. The van der Waals surface area contributed by atoms with E-state index in [9.17, 15) is 21.6 Å². The number of nitrogens with two attached hydrogens (primary N) is 1. The second kappa shape index (κ2) is 7.51. The molecule has 138 valence electrons. The van der Waals surface area contributed by atoms with Crippen LogP contribution in [0.3, 0.4) is 0 Å². The fourth-order valence-corrected chi connectivity index (χ4v) is 2.14. The Hall–Kier alpha value is -1.97. The third-order valence-electron chi connectivity index (χ3n) is 3.02. The Balaban J connectivity index is 0.000000257. The van der Waals surface area contributed by atoms with Crippen molar-refractivity contribution in [2.75, 3.05) is 0 Å². The molecule has 9 heteroatoms. The second-order valence-electron chi connectivity index (χ2n) is 5.92. The maximum Gasteiger partial charge on any atom is 0.433 e. The van der Waals surface area contributed by atoms with Crippen molar-refractivity contribution >= 4 is 10.1 Å². The zero-order valence-electron chi connectivity index (χ0n) is 13.9. The zero-order valence-corrected chi connectivity index (χ0v) is 14.7. The number of pyridine rings is 1. The lowest BCUT2D eigenvalue weighted by atomic mass is 10.0. The van der Waals surface area contributed by atoms with Gasteiger partial charge in [0.25, 0.3) is 10.1 Å². The Morgan fingerprint density at radius 1 is 1.00 bits per heavy atom. The molecule has 1 heterocycles. The van der Waals surface area contributed by atoms with Crippen LogP contribution in [-0.2, 0) is 21.8 Å². The summed E-state index contributed by atoms with van der Waals surface area (Å²) in [5, 5.41) is 0. The van der Waals surface area contributed by atoms with Crippen molar-refractivity contribution in [3.05, 3.63) is 59.4 Å². The summed E-state index contributed by atoms with van der Waals surface area (Å²) in [5.74, 6) is 0. The van der Waals surface area contributed by atoms with E-state index in [-0.39, 0.29) is 10.6 Å². The lowest BCUT2D eigenvalue weighted by Gasteiger charge is -2.18. The fourth-order valence-electron chi connectivity index (χ4n) is 1.66. The molecule has 0 aliphatic rings. The van der Waals surface area contributed by atoms with E-state index < -0.39 is 27.5 Å². The molecule has 0 saturated carbocycles. The van der Waals surface area contributed by atoms with Crippen LogP contribution in [0.5, 0.6) is 0 Å². The Labute approximate surface area is 144 Å². The number of rotatable bonds is 2. The highest BCUT2D eigenvalue weighted by atomic mass is 32.2. The molecule has 0 spiro atoms. The molecule has 0 aliphatic heterocycles. The first-order valence-corrected chi connectivity index (χ1v) is 8.53. The van der Waals surface area contributed by atoms with E-state index in [1.54, 1.807) is 26.0 Å². The molecule has 3 N–H and O–H groups in total. The molecule has 25 heavy (non-hydrogen) atoms. The van der Waals surface area contributed by atoms with Gasteiger partial charge in [0.15, 0.2) is 0 Å². The van der Waals surface area contributed by atoms with Gasteiger partial charge in [0.1, 0.15) is 5.69 Å². The van der Waals surface area contributed by atoms with Crippen LogP contribution < -0.4 is 5.73 Å². The van der Waals surface area contributed by atoms with Gasteiger partial charge >= 0.3 is 6.18 Å². The lowest BCUT2D eigenvalue weighted by Crippen LogP contribution is -2.30. The number of alkyl halides is 3. The van der Waals surface area contributed by atoms with Gasteiger partial charge < -0.3 is 5.73 Å². The van der Waals surface area contributed by atoms with Crippen molar-refractivity contribution in [1.82, 2.24) is 4.98 Å². The number of nitrogens with zero attached hydrogens (tertiary/aromatic N) is 1. The van der Waals surface area contributed by atoms with Crippen LogP contribution >= 0.6 is 0 Å². The third kappa shape index (κ3) is 6.81. The number of halogens is 3. The van der Waals surface area contributed by atoms with Gasteiger partial charge in [0.05, 0.1) is 16.1 Å². The number of aromatic nitrogens is 1. The van der Waals surface area contributed by atoms with Crippen molar-refractivity contribution < 1.29 is 26.1 Å². The van der Waals surface area contributed by atoms with E-state index in [1.165, 1.54) is 24.3 Å². The van der Waals surface area contributed by atoms with E-state index in [0.29, 0.717) is 0 Å². The summed E-state index contributed by atoms with van der Waals surface area (Å²) in [5.41, 5.74) is 5.06. The first-order valence-electron chi connectivity index (χ1n) is 7.09. The summed E-state index contributed by atoms with van der Waals surface area (Å²) in [4.78, 5) is 3.40. The smallest absolute Gasteiger partial charge is 0.321 e. The monoisotopic (exact) mass is 376 g/mol. The van der Waals surface area contributed by atoms with Gasteiger partial charge in [-0.25, -0.2) is 4.98 Å². The Kier molecular flexibility index (Phi) is 6.33. The van der Waals surface area contributed by atoms with Crippen LogP contribution in [0.1, 0.15) is 30.8 Å². The molecule has 0 fully saturated rings. The average molecular weight is 376 g/mol. The predicted molar refractivity (Wildman–Crippen MR) is 87.4 cm³/mol. The Morgan fingerprint density at radius 2 is 1.48 bits per heavy atom. The fraction of sp³-hybridized carbons (Fsp3) is 0.312. The zero-order chi connectivity index (χ0) is 19.5. The van der Waals surface area contributed by atoms with Gasteiger partial charge in [0.2, 0.25) is 0 Å². The van der Waals surface area contributed by atoms with Gasteiger partial charge in [-0.1, -0.05) is 23.8 Å². The standard InChI is InChI=1S/C9H11F3N2.C7H8O3S/c1-8(2,13)6-4-3-5-7(14-6)9(10,11)12;1-6-2-4-7(5-3-6)11(8,9)10/h3-5H,13H2,1-2H3;2-5H,1H3,(H,8,9,10). The maximum absolute atomic E-state index is 12.3. The molecule has 5 nitrogen and oxygen atoms in total. The van der Waals surface area contributed by atoms with E-state index in [0.717, 1.165) is 11.6 Å². The average Bonchev–Trinajstić information content (AvgIpc) is 2.46. The SMILES string of the molecule is CC(C)(N)c1cccc(C(F)(F)F)n1.Cc1ccc(S(=O)(=O)O)cc1. The molecule has 0 bridgehead atoms. The topological polar surface area (TPSA) is 93.3 Å². The molecule has 1 aromatic carbocycles. The Morgan fingerprint density at radius 3 is 1.88 bits per heavy atom. The number of benzene rings is 1. The molecule has 1 aromatic heterocycles. The lowest BCUT2D eigenvalue weighted by molar-refractivity contribution is -0.141. The quantitative estimate of drug-likeness (QED) is 0.782. The highest BCUT2D eigenvalue weighted by Crippen LogP contribution is 2.28. The molecule has 0 saturated heterocycles. The molecule has 0 atom stereocenters. The molecule has 0 unspecified atom stereocenters. The van der Waals surface area contributed by atoms with Gasteiger partial charge in [0, 0.05) is 0 Å². The van der Waals surface area contributed by atoms with Gasteiger partial charge in [-0.2, -0.15) is 21.6 Å². The largest absolute Gasteiger partial charge is 0.433 e. The molecule has 2 aromatic rings. The highest BCUT2D eigenvalue weighted by molar-refractivity contribution is 7.85.